The van der Waals surface area contributed by atoms with Crippen LogP contribution >= 0.6 is 0 Å². The van der Waals surface area contributed by atoms with Gasteiger partial charge in [0.2, 0.25) is 5.88 Å². The van der Waals surface area contributed by atoms with Crippen molar-refractivity contribution < 1.29 is 14.6 Å². The number of nitrogens with one attached hydrogen (secondary N) is 2. The predicted molar refractivity (Wildman–Crippen MR) is 73.6 cm³/mol. The van der Waals surface area contributed by atoms with Gasteiger partial charge in [-0.3, -0.25) is 10.3 Å². The zero-order chi connectivity index (χ0) is 14.4. The number of methoxy groups -OCH3 is 1. The van der Waals surface area contributed by atoms with Crippen LogP contribution in [0.25, 0.3) is 0 Å². The number of rotatable bonds is 4. The van der Waals surface area contributed by atoms with E-state index < -0.39 is 0 Å². The van der Waals surface area contributed by atoms with E-state index in [1.807, 2.05) is 0 Å². The van der Waals surface area contributed by atoms with Gasteiger partial charge in [-0.25, -0.2) is 4.79 Å². The number of hydrogen-bond donors (Lipinski definition) is 3. The van der Waals surface area contributed by atoms with Crippen molar-refractivity contribution in [2.24, 2.45) is 5.92 Å². The van der Waals surface area contributed by atoms with Crippen LogP contribution in [0.1, 0.15) is 25.7 Å². The van der Waals surface area contributed by atoms with E-state index >= 15 is 0 Å². The summed E-state index contributed by atoms with van der Waals surface area (Å²) in [6.07, 6.45) is 6.50. The van der Waals surface area contributed by atoms with Gasteiger partial charge in [0.1, 0.15) is 0 Å². The highest BCUT2D eigenvalue weighted by atomic mass is 16.5. The van der Waals surface area contributed by atoms with Crippen molar-refractivity contribution in [3.63, 3.8) is 0 Å². The number of aliphatic hydroxyl groups excluding tert-OH is 1. The monoisotopic (exact) mass is 280 g/mol. The molecule has 0 aromatic carbocycles. The smallest absolute Gasteiger partial charge is 0.320 e. The van der Waals surface area contributed by atoms with Crippen LogP contribution in [0.15, 0.2) is 12.4 Å². The predicted octanol–water partition coefficient (Wildman–Crippen LogP) is 1.16. The number of nitrogens with zero attached hydrogens (tertiary/aromatic N) is 2. The molecule has 1 aliphatic rings. The number of hydrogen-bond acceptors (Lipinski definition) is 5. The van der Waals surface area contributed by atoms with Gasteiger partial charge in [0.15, 0.2) is 5.82 Å². The van der Waals surface area contributed by atoms with E-state index in [1.54, 1.807) is 0 Å². The summed E-state index contributed by atoms with van der Waals surface area (Å²) in [4.78, 5) is 19.7. The Morgan fingerprint density at radius 2 is 2.25 bits per heavy atom. The van der Waals surface area contributed by atoms with Crippen LogP contribution in [-0.2, 0) is 0 Å². The molecule has 0 aliphatic heterocycles. The summed E-state index contributed by atoms with van der Waals surface area (Å²) in [5, 5.41) is 15.2. The molecule has 2 rings (SSSR count). The molecule has 1 heterocycles. The zero-order valence-corrected chi connectivity index (χ0v) is 11.5. The quantitative estimate of drug-likeness (QED) is 0.769. The minimum Gasteiger partial charge on any atom is -0.480 e. The normalized spacial score (nSPS) is 22.1. The number of amides is 2. The third-order valence-electron chi connectivity index (χ3n) is 3.46. The van der Waals surface area contributed by atoms with Gasteiger partial charge in [-0.2, -0.15) is 4.98 Å². The number of carbonyl (C=O) groups is 1. The van der Waals surface area contributed by atoms with E-state index in [1.165, 1.54) is 19.5 Å². The molecule has 0 unspecified atom stereocenters. The molecule has 0 radical (unpaired) electrons. The fourth-order valence-corrected chi connectivity index (χ4v) is 2.32. The lowest BCUT2D eigenvalue weighted by Crippen LogP contribution is -2.38. The maximum Gasteiger partial charge on any atom is 0.320 e. The lowest BCUT2D eigenvalue weighted by Gasteiger charge is -2.27. The second-order valence-electron chi connectivity index (χ2n) is 4.89. The topological polar surface area (TPSA) is 96.4 Å². The van der Waals surface area contributed by atoms with E-state index in [2.05, 4.69) is 20.6 Å². The Kier molecular flexibility index (Phi) is 5.11. The number of anilines is 1. The van der Waals surface area contributed by atoms with Crippen molar-refractivity contribution in [2.45, 2.75) is 31.8 Å². The first-order valence-electron chi connectivity index (χ1n) is 6.78. The highest BCUT2D eigenvalue weighted by molar-refractivity contribution is 5.88. The summed E-state index contributed by atoms with van der Waals surface area (Å²) in [5.74, 6) is 0.794. The fraction of sp³-hybridized carbons (Fsp3) is 0.615. The highest BCUT2D eigenvalue weighted by Crippen LogP contribution is 2.23. The molecule has 0 bridgehead atoms. The van der Waals surface area contributed by atoms with Crippen molar-refractivity contribution in [3.8, 4) is 5.88 Å². The molecule has 3 N–H and O–H groups in total. The third kappa shape index (κ3) is 4.06. The Bertz CT molecular complexity index is 455. The van der Waals surface area contributed by atoms with Crippen molar-refractivity contribution >= 4 is 11.8 Å². The number of aliphatic hydroxyl groups is 1. The van der Waals surface area contributed by atoms with Crippen LogP contribution in [-0.4, -0.2) is 40.9 Å². The minimum atomic E-state index is -0.356. The molecule has 0 spiro atoms. The standard InChI is InChI=1S/C13H20N4O3/c1-20-12-8-14-7-11(16-12)17-13(19)15-6-9-4-2-3-5-10(9)18/h7-10,18H,2-6H2,1H3,(H2,15,16,17,19)/t9-,10+/m1/s1. The van der Waals surface area contributed by atoms with Gasteiger partial charge in [-0.15, -0.1) is 0 Å². The SMILES string of the molecule is COc1cncc(NC(=O)NC[C@H]2CCCC[C@@H]2O)n1. The summed E-state index contributed by atoms with van der Waals surface area (Å²) in [7, 11) is 1.48. The number of aromatic nitrogens is 2. The van der Waals surface area contributed by atoms with Crippen LogP contribution in [0.4, 0.5) is 10.6 Å². The number of carbonyl (C=O) groups excluding carboxylic acids is 1. The lowest BCUT2D eigenvalue weighted by molar-refractivity contribution is 0.0711. The van der Waals surface area contributed by atoms with Gasteiger partial charge < -0.3 is 15.2 Å². The molecule has 7 heteroatoms. The summed E-state index contributed by atoms with van der Waals surface area (Å²) in [5.41, 5.74) is 0. The molecule has 1 fully saturated rings. The average molecular weight is 280 g/mol. The Hall–Kier alpha value is -1.89. The van der Waals surface area contributed by atoms with Crippen molar-refractivity contribution in [1.29, 1.82) is 0 Å². The average Bonchev–Trinajstić information content (AvgIpc) is 2.46. The summed E-state index contributed by atoms with van der Waals surface area (Å²) in [6.45, 7) is 0.463. The van der Waals surface area contributed by atoms with Gasteiger partial charge in [0, 0.05) is 12.5 Å². The van der Waals surface area contributed by atoms with Gasteiger partial charge in [0.25, 0.3) is 0 Å². The van der Waals surface area contributed by atoms with E-state index in [0.717, 1.165) is 25.7 Å². The Morgan fingerprint density at radius 1 is 1.45 bits per heavy atom. The number of urea groups is 1. The molecule has 0 saturated heterocycles. The van der Waals surface area contributed by atoms with E-state index in [9.17, 15) is 9.90 Å². The molecule has 110 valence electrons. The lowest BCUT2D eigenvalue weighted by atomic mass is 9.86. The van der Waals surface area contributed by atoms with Crippen LogP contribution < -0.4 is 15.4 Å². The van der Waals surface area contributed by atoms with Crippen LogP contribution in [0, 0.1) is 5.92 Å². The Labute approximate surface area is 117 Å². The molecule has 1 aromatic heterocycles. The second-order valence-corrected chi connectivity index (χ2v) is 4.89. The summed E-state index contributed by atoms with van der Waals surface area (Å²) < 4.78 is 4.93. The van der Waals surface area contributed by atoms with Gasteiger partial charge in [-0.05, 0) is 12.8 Å². The first-order valence-corrected chi connectivity index (χ1v) is 6.78. The maximum atomic E-state index is 11.7. The number of ether oxygens (including phenoxy) is 1. The van der Waals surface area contributed by atoms with Crippen LogP contribution in [0.2, 0.25) is 0 Å². The molecular formula is C13H20N4O3. The molecular weight excluding hydrogens is 260 g/mol. The van der Waals surface area contributed by atoms with Gasteiger partial charge >= 0.3 is 6.03 Å². The van der Waals surface area contributed by atoms with Gasteiger partial charge in [-0.1, -0.05) is 12.8 Å². The molecule has 2 amide bonds. The minimum absolute atomic E-state index is 0.130. The third-order valence-corrected chi connectivity index (χ3v) is 3.46. The Morgan fingerprint density at radius 3 is 3.00 bits per heavy atom. The highest BCUT2D eigenvalue weighted by Gasteiger charge is 2.23. The summed E-state index contributed by atoms with van der Waals surface area (Å²) in [6, 6.07) is -0.356. The van der Waals surface area contributed by atoms with E-state index in [-0.39, 0.29) is 18.1 Å². The van der Waals surface area contributed by atoms with Crippen molar-refractivity contribution in [1.82, 2.24) is 15.3 Å². The molecule has 20 heavy (non-hydrogen) atoms. The maximum absolute atomic E-state index is 11.7. The van der Waals surface area contributed by atoms with Crippen LogP contribution in [0.3, 0.4) is 0 Å². The zero-order valence-electron chi connectivity index (χ0n) is 11.5. The first-order chi connectivity index (χ1) is 9.69. The van der Waals surface area contributed by atoms with Crippen molar-refractivity contribution in [2.75, 3.05) is 19.0 Å². The molecule has 1 aromatic rings. The first kappa shape index (κ1) is 14.5. The largest absolute Gasteiger partial charge is 0.480 e. The van der Waals surface area contributed by atoms with Crippen LogP contribution in [0.5, 0.6) is 5.88 Å². The molecule has 1 aliphatic carbocycles. The molecule has 1 saturated carbocycles. The van der Waals surface area contributed by atoms with E-state index in [4.69, 9.17) is 4.74 Å². The summed E-state index contributed by atoms with van der Waals surface area (Å²) >= 11 is 0. The van der Waals surface area contributed by atoms with E-state index in [0.29, 0.717) is 18.2 Å². The molecule has 2 atom stereocenters. The Balaban J connectivity index is 1.79. The fourth-order valence-electron chi connectivity index (χ4n) is 2.32. The molecule has 7 nitrogen and oxygen atoms in total. The van der Waals surface area contributed by atoms with Crippen molar-refractivity contribution in [3.05, 3.63) is 12.4 Å². The second kappa shape index (κ2) is 7.04. The van der Waals surface area contributed by atoms with Gasteiger partial charge in [0.05, 0.1) is 25.6 Å².